The molecular weight excluding hydrogens is 210 g/mol. The van der Waals surface area contributed by atoms with Gasteiger partial charge in [0.05, 0.1) is 6.61 Å². The summed E-state index contributed by atoms with van der Waals surface area (Å²) in [7, 11) is 0. The van der Waals surface area contributed by atoms with Crippen LogP contribution in [0.4, 0.5) is 0 Å². The van der Waals surface area contributed by atoms with Crippen molar-refractivity contribution in [2.45, 2.75) is 84.5 Å². The minimum atomic E-state index is 0.876. The number of nitrogens with one attached hydrogen (secondary N) is 1. The molecule has 0 aliphatic rings. The number of hydrogen-bond acceptors (Lipinski definition) is 2. The number of rotatable bonds is 14. The second-order valence-electron chi connectivity index (χ2n) is 4.92. The minimum absolute atomic E-state index is 0.876. The van der Waals surface area contributed by atoms with Crippen LogP contribution in [0.1, 0.15) is 84.5 Å². The Morgan fingerprint density at radius 1 is 0.647 bits per heavy atom. The van der Waals surface area contributed by atoms with Gasteiger partial charge in [-0.2, -0.15) is 0 Å². The maximum Gasteiger partial charge on any atom is 0.0682 e. The number of hydroxylamine groups is 1. The summed E-state index contributed by atoms with van der Waals surface area (Å²) in [4.78, 5) is 5.38. The molecule has 0 unspecified atom stereocenters. The van der Waals surface area contributed by atoms with Gasteiger partial charge >= 0.3 is 0 Å². The summed E-state index contributed by atoms with van der Waals surface area (Å²) in [5.74, 6) is 0. The molecule has 0 aromatic carbocycles. The monoisotopic (exact) mass is 243 g/mol. The highest BCUT2D eigenvalue weighted by molar-refractivity contribution is 4.45. The number of unbranched alkanes of at least 4 members (excludes halogenated alkanes) is 9. The molecule has 0 atom stereocenters. The van der Waals surface area contributed by atoms with Gasteiger partial charge in [0.15, 0.2) is 0 Å². The van der Waals surface area contributed by atoms with Crippen molar-refractivity contribution in [3.8, 4) is 0 Å². The Morgan fingerprint density at radius 2 is 1.18 bits per heavy atom. The molecule has 0 bridgehead atoms. The van der Waals surface area contributed by atoms with E-state index in [2.05, 4.69) is 19.3 Å². The van der Waals surface area contributed by atoms with E-state index in [1.54, 1.807) is 0 Å². The molecule has 0 saturated heterocycles. The maximum atomic E-state index is 5.38. The van der Waals surface area contributed by atoms with Crippen LogP contribution in [0, 0.1) is 0 Å². The normalized spacial score (nSPS) is 10.9. The van der Waals surface area contributed by atoms with Crippen LogP contribution in [0.25, 0.3) is 0 Å². The molecule has 0 fully saturated rings. The molecule has 2 nitrogen and oxygen atoms in total. The van der Waals surface area contributed by atoms with Crippen molar-refractivity contribution in [1.82, 2.24) is 5.48 Å². The second-order valence-corrected chi connectivity index (χ2v) is 4.92. The van der Waals surface area contributed by atoms with Gasteiger partial charge in [0.25, 0.3) is 0 Å². The van der Waals surface area contributed by atoms with Crippen molar-refractivity contribution in [2.75, 3.05) is 13.2 Å². The quantitative estimate of drug-likeness (QED) is 0.348. The molecule has 0 saturated carbocycles. The molecule has 104 valence electrons. The Labute approximate surface area is 108 Å². The predicted molar refractivity (Wildman–Crippen MR) is 76.1 cm³/mol. The van der Waals surface area contributed by atoms with Gasteiger partial charge in [-0.1, -0.05) is 71.6 Å². The fourth-order valence-electron chi connectivity index (χ4n) is 1.90. The summed E-state index contributed by atoms with van der Waals surface area (Å²) in [6.07, 6.45) is 14.7. The van der Waals surface area contributed by atoms with Crippen molar-refractivity contribution in [2.24, 2.45) is 0 Å². The zero-order valence-electron chi connectivity index (χ0n) is 12.1. The molecule has 0 amide bonds. The third-order valence-electron chi connectivity index (χ3n) is 3.08. The Kier molecular flexibility index (Phi) is 15.8. The van der Waals surface area contributed by atoms with E-state index in [-0.39, 0.29) is 0 Å². The van der Waals surface area contributed by atoms with Gasteiger partial charge < -0.3 is 4.84 Å². The van der Waals surface area contributed by atoms with Crippen molar-refractivity contribution in [3.05, 3.63) is 0 Å². The van der Waals surface area contributed by atoms with Crippen LogP contribution in [-0.2, 0) is 4.84 Å². The fourth-order valence-corrected chi connectivity index (χ4v) is 1.90. The van der Waals surface area contributed by atoms with E-state index < -0.39 is 0 Å². The molecule has 0 aliphatic heterocycles. The van der Waals surface area contributed by atoms with Gasteiger partial charge in [0.2, 0.25) is 0 Å². The van der Waals surface area contributed by atoms with E-state index in [0.717, 1.165) is 13.2 Å². The van der Waals surface area contributed by atoms with Crippen LogP contribution < -0.4 is 5.48 Å². The minimum Gasteiger partial charge on any atom is -0.302 e. The smallest absolute Gasteiger partial charge is 0.0682 e. The highest BCUT2D eigenvalue weighted by Crippen LogP contribution is 2.08. The van der Waals surface area contributed by atoms with Crippen LogP contribution in [0.3, 0.4) is 0 Å². The van der Waals surface area contributed by atoms with Gasteiger partial charge in [-0.05, 0) is 12.8 Å². The average Bonchev–Trinajstić information content (AvgIpc) is 2.35. The molecule has 0 aliphatic carbocycles. The lowest BCUT2D eigenvalue weighted by atomic mass is 10.1. The fraction of sp³-hybridized carbons (Fsp3) is 1.00. The summed E-state index contributed by atoms with van der Waals surface area (Å²) in [6.45, 7) is 6.37. The number of hydrogen-bond donors (Lipinski definition) is 1. The predicted octanol–water partition coefficient (Wildman–Crippen LogP) is 4.84. The first kappa shape index (κ1) is 16.9. The largest absolute Gasteiger partial charge is 0.302 e. The molecule has 1 N–H and O–H groups in total. The van der Waals surface area contributed by atoms with Crippen molar-refractivity contribution in [1.29, 1.82) is 0 Å². The van der Waals surface area contributed by atoms with Gasteiger partial charge in [-0.3, -0.25) is 0 Å². The van der Waals surface area contributed by atoms with Crippen LogP contribution in [0.5, 0.6) is 0 Å². The van der Waals surface area contributed by atoms with E-state index in [1.807, 2.05) is 0 Å². The Hall–Kier alpha value is -0.0800. The Bertz CT molecular complexity index is 114. The summed E-state index contributed by atoms with van der Waals surface area (Å²) >= 11 is 0. The van der Waals surface area contributed by atoms with Gasteiger partial charge in [-0.25, -0.2) is 5.48 Å². The van der Waals surface area contributed by atoms with Crippen LogP contribution in [0.2, 0.25) is 0 Å². The van der Waals surface area contributed by atoms with Crippen molar-refractivity contribution in [3.63, 3.8) is 0 Å². The second kappa shape index (κ2) is 15.9. The highest BCUT2D eigenvalue weighted by atomic mass is 16.6. The van der Waals surface area contributed by atoms with E-state index in [1.165, 1.54) is 70.6 Å². The first-order valence-electron chi connectivity index (χ1n) is 7.76. The lowest BCUT2D eigenvalue weighted by Gasteiger charge is -2.05. The zero-order chi connectivity index (χ0) is 12.6. The third-order valence-corrected chi connectivity index (χ3v) is 3.08. The Balaban J connectivity index is 2.85. The molecule has 0 heterocycles. The lowest BCUT2D eigenvalue weighted by Crippen LogP contribution is -2.16. The molecule has 0 aromatic heterocycles. The standard InChI is InChI=1S/C15H33NO/c1-3-5-7-8-9-10-11-13-15-17-16-14-12-6-4-2/h16H,3-15H2,1-2H3. The average molecular weight is 243 g/mol. The van der Waals surface area contributed by atoms with E-state index in [9.17, 15) is 0 Å². The SMILES string of the molecule is CCCCCCCCCCONCCCCC. The summed E-state index contributed by atoms with van der Waals surface area (Å²) in [6, 6.07) is 0. The van der Waals surface area contributed by atoms with Crippen LogP contribution in [0.15, 0.2) is 0 Å². The van der Waals surface area contributed by atoms with Crippen LogP contribution in [-0.4, -0.2) is 13.2 Å². The zero-order valence-corrected chi connectivity index (χ0v) is 12.1. The lowest BCUT2D eigenvalue weighted by molar-refractivity contribution is 0.0377. The van der Waals surface area contributed by atoms with E-state index in [0.29, 0.717) is 0 Å². The molecule has 0 radical (unpaired) electrons. The molecule has 0 rings (SSSR count). The maximum absolute atomic E-state index is 5.38. The van der Waals surface area contributed by atoms with Gasteiger partial charge in [-0.15, -0.1) is 0 Å². The molecule has 0 spiro atoms. The van der Waals surface area contributed by atoms with Crippen molar-refractivity contribution >= 4 is 0 Å². The topological polar surface area (TPSA) is 21.3 Å². The van der Waals surface area contributed by atoms with Crippen LogP contribution >= 0.6 is 0 Å². The summed E-state index contributed by atoms with van der Waals surface area (Å²) in [5.41, 5.74) is 3.04. The Morgan fingerprint density at radius 3 is 1.82 bits per heavy atom. The first-order chi connectivity index (χ1) is 8.41. The molecular formula is C15H33NO. The summed E-state index contributed by atoms with van der Waals surface area (Å²) in [5, 5.41) is 0. The van der Waals surface area contributed by atoms with Gasteiger partial charge in [0.1, 0.15) is 0 Å². The van der Waals surface area contributed by atoms with Gasteiger partial charge in [0, 0.05) is 6.54 Å². The summed E-state index contributed by atoms with van der Waals surface area (Å²) < 4.78 is 0. The third kappa shape index (κ3) is 15.9. The molecule has 17 heavy (non-hydrogen) atoms. The molecule has 0 aromatic rings. The van der Waals surface area contributed by atoms with Crippen molar-refractivity contribution < 1.29 is 4.84 Å². The van der Waals surface area contributed by atoms with E-state index >= 15 is 0 Å². The van der Waals surface area contributed by atoms with E-state index in [4.69, 9.17) is 4.84 Å². The molecule has 2 heteroatoms. The highest BCUT2D eigenvalue weighted by Gasteiger charge is 1.92. The first-order valence-corrected chi connectivity index (χ1v) is 7.76.